The third-order valence-electron chi connectivity index (χ3n) is 4.48. The van der Waals surface area contributed by atoms with Gasteiger partial charge in [0, 0.05) is 24.9 Å². The van der Waals surface area contributed by atoms with Crippen molar-refractivity contribution in [3.05, 3.63) is 59.9 Å². The van der Waals surface area contributed by atoms with Gasteiger partial charge < -0.3 is 14.4 Å². The summed E-state index contributed by atoms with van der Waals surface area (Å²) in [5.74, 6) is 0.0857. The molecule has 3 aromatic rings. The average Bonchev–Trinajstić information content (AvgIpc) is 3.05. The minimum absolute atomic E-state index is 0.131. The summed E-state index contributed by atoms with van der Waals surface area (Å²) in [6.07, 6.45) is 0. The maximum Gasteiger partial charge on any atom is 0.325 e. The van der Waals surface area contributed by atoms with Crippen molar-refractivity contribution in [1.82, 2.24) is 14.5 Å². The van der Waals surface area contributed by atoms with Crippen LogP contribution >= 0.6 is 0 Å². The van der Waals surface area contributed by atoms with Crippen LogP contribution in [0.25, 0.3) is 16.7 Å². The Kier molecular flexibility index (Phi) is 6.06. The van der Waals surface area contributed by atoms with Gasteiger partial charge in [-0.05, 0) is 37.3 Å². The highest BCUT2D eigenvalue weighted by Gasteiger charge is 2.20. The second kappa shape index (κ2) is 8.67. The molecule has 0 aliphatic carbocycles. The Bertz CT molecular complexity index is 982. The third-order valence-corrected chi connectivity index (χ3v) is 4.48. The van der Waals surface area contributed by atoms with E-state index in [0.717, 1.165) is 22.5 Å². The molecule has 0 fully saturated rings. The maximum atomic E-state index is 12.9. The lowest BCUT2D eigenvalue weighted by atomic mass is 10.1. The van der Waals surface area contributed by atoms with Crippen LogP contribution in [0.3, 0.4) is 0 Å². The van der Waals surface area contributed by atoms with Crippen LogP contribution in [0.1, 0.15) is 16.2 Å². The van der Waals surface area contributed by atoms with Crippen LogP contribution in [0.15, 0.2) is 48.5 Å². The standard InChI is InChI=1S/C21H23N3O4/c1-15-22-18-13-16(21(26)23(11-12-27-2)14-20(25)28-3)9-10-19(18)24(15)17-7-5-4-6-8-17/h4-10,13H,11-12,14H2,1-3H3. The molecule has 0 saturated heterocycles. The Labute approximate surface area is 163 Å². The fourth-order valence-electron chi connectivity index (χ4n) is 3.09. The zero-order valence-electron chi connectivity index (χ0n) is 16.2. The lowest BCUT2D eigenvalue weighted by Crippen LogP contribution is -2.38. The molecule has 1 amide bonds. The summed E-state index contributed by atoms with van der Waals surface area (Å²) in [6, 6.07) is 15.3. The highest BCUT2D eigenvalue weighted by Crippen LogP contribution is 2.23. The van der Waals surface area contributed by atoms with Crippen molar-refractivity contribution < 1.29 is 19.1 Å². The number of aryl methyl sites for hydroxylation is 1. The quantitative estimate of drug-likeness (QED) is 0.588. The highest BCUT2D eigenvalue weighted by molar-refractivity contribution is 5.99. The molecule has 1 heterocycles. The first-order valence-electron chi connectivity index (χ1n) is 8.94. The van der Waals surface area contributed by atoms with Gasteiger partial charge >= 0.3 is 5.97 Å². The van der Waals surface area contributed by atoms with E-state index in [4.69, 9.17) is 9.47 Å². The number of carbonyl (C=O) groups is 2. The van der Waals surface area contributed by atoms with E-state index in [0.29, 0.717) is 18.7 Å². The Morgan fingerprint density at radius 3 is 2.54 bits per heavy atom. The second-order valence-corrected chi connectivity index (χ2v) is 6.33. The zero-order valence-corrected chi connectivity index (χ0v) is 16.2. The lowest BCUT2D eigenvalue weighted by molar-refractivity contribution is -0.141. The molecule has 0 unspecified atom stereocenters. The van der Waals surface area contributed by atoms with Crippen molar-refractivity contribution in [2.45, 2.75) is 6.92 Å². The number of nitrogens with zero attached hydrogens (tertiary/aromatic N) is 3. The predicted molar refractivity (Wildman–Crippen MR) is 106 cm³/mol. The van der Waals surface area contributed by atoms with Crippen LogP contribution in [0.4, 0.5) is 0 Å². The number of methoxy groups -OCH3 is 2. The van der Waals surface area contributed by atoms with Crippen LogP contribution < -0.4 is 0 Å². The fraction of sp³-hybridized carbons (Fsp3) is 0.286. The van der Waals surface area contributed by atoms with Crippen molar-refractivity contribution in [3.8, 4) is 5.69 Å². The summed E-state index contributed by atoms with van der Waals surface area (Å²) in [7, 11) is 2.85. The summed E-state index contributed by atoms with van der Waals surface area (Å²) >= 11 is 0. The molecule has 0 aliphatic heterocycles. The largest absolute Gasteiger partial charge is 0.468 e. The minimum Gasteiger partial charge on any atom is -0.468 e. The number of amides is 1. The van der Waals surface area contributed by atoms with E-state index in [-0.39, 0.29) is 12.5 Å². The number of esters is 1. The Hall–Kier alpha value is -3.19. The van der Waals surface area contributed by atoms with E-state index in [2.05, 4.69) is 4.98 Å². The van der Waals surface area contributed by atoms with Gasteiger partial charge in [-0.1, -0.05) is 18.2 Å². The van der Waals surface area contributed by atoms with E-state index in [1.165, 1.54) is 12.0 Å². The molecule has 0 radical (unpaired) electrons. The third kappa shape index (κ3) is 4.04. The summed E-state index contributed by atoms with van der Waals surface area (Å²) < 4.78 is 11.8. The van der Waals surface area contributed by atoms with Crippen LogP contribution in [0.5, 0.6) is 0 Å². The number of rotatable bonds is 7. The number of carbonyl (C=O) groups excluding carboxylic acids is 2. The van der Waals surface area contributed by atoms with Gasteiger partial charge in [-0.15, -0.1) is 0 Å². The number of aromatic nitrogens is 2. The van der Waals surface area contributed by atoms with Gasteiger partial charge in [0.05, 0.1) is 24.8 Å². The molecule has 0 N–H and O–H groups in total. The number of para-hydroxylation sites is 1. The highest BCUT2D eigenvalue weighted by atomic mass is 16.5. The molecule has 0 bridgehead atoms. The minimum atomic E-state index is -0.477. The summed E-state index contributed by atoms with van der Waals surface area (Å²) in [4.78, 5) is 30.6. The SMILES string of the molecule is COCCN(CC(=O)OC)C(=O)c1ccc2c(c1)nc(C)n2-c1ccccc1. The zero-order chi connectivity index (χ0) is 20.1. The Balaban J connectivity index is 1.95. The molecule has 7 nitrogen and oxygen atoms in total. The summed E-state index contributed by atoms with van der Waals surface area (Å²) in [5.41, 5.74) is 3.10. The van der Waals surface area contributed by atoms with Crippen molar-refractivity contribution in [2.24, 2.45) is 0 Å². The van der Waals surface area contributed by atoms with E-state index in [1.54, 1.807) is 19.2 Å². The number of fused-ring (bicyclic) bond motifs is 1. The van der Waals surface area contributed by atoms with E-state index in [1.807, 2.05) is 47.9 Å². The normalized spacial score (nSPS) is 10.8. The van der Waals surface area contributed by atoms with Crippen LogP contribution in [0, 0.1) is 6.92 Å². The molecule has 146 valence electrons. The van der Waals surface area contributed by atoms with Gasteiger partial charge in [-0.3, -0.25) is 14.2 Å². The molecule has 3 rings (SSSR count). The summed E-state index contributed by atoms with van der Waals surface area (Å²) in [5, 5.41) is 0. The van der Waals surface area contributed by atoms with Crippen LogP contribution in [-0.2, 0) is 14.3 Å². The van der Waals surface area contributed by atoms with Gasteiger partial charge in [0.25, 0.3) is 5.91 Å². The maximum absolute atomic E-state index is 12.9. The van der Waals surface area contributed by atoms with Crippen molar-refractivity contribution in [2.75, 3.05) is 33.9 Å². The van der Waals surface area contributed by atoms with E-state index in [9.17, 15) is 9.59 Å². The Morgan fingerprint density at radius 2 is 1.86 bits per heavy atom. The molecule has 0 spiro atoms. The summed E-state index contributed by atoms with van der Waals surface area (Å²) in [6.45, 7) is 2.41. The number of imidazole rings is 1. The molecular formula is C21H23N3O4. The van der Waals surface area contributed by atoms with Crippen molar-refractivity contribution in [3.63, 3.8) is 0 Å². The predicted octanol–water partition coefficient (Wildman–Crippen LogP) is 2.60. The molecule has 1 aromatic heterocycles. The first-order chi connectivity index (χ1) is 13.5. The second-order valence-electron chi connectivity index (χ2n) is 6.33. The first-order valence-corrected chi connectivity index (χ1v) is 8.94. The van der Waals surface area contributed by atoms with E-state index >= 15 is 0 Å². The molecule has 2 aromatic carbocycles. The average molecular weight is 381 g/mol. The van der Waals surface area contributed by atoms with Gasteiger partial charge in [0.2, 0.25) is 0 Å². The number of hydrogen-bond donors (Lipinski definition) is 0. The molecule has 7 heteroatoms. The smallest absolute Gasteiger partial charge is 0.325 e. The lowest BCUT2D eigenvalue weighted by Gasteiger charge is -2.21. The van der Waals surface area contributed by atoms with Crippen molar-refractivity contribution in [1.29, 1.82) is 0 Å². The van der Waals surface area contributed by atoms with Gasteiger partial charge in [0.1, 0.15) is 12.4 Å². The van der Waals surface area contributed by atoms with Gasteiger partial charge in [-0.25, -0.2) is 4.98 Å². The number of ether oxygens (including phenoxy) is 2. The van der Waals surface area contributed by atoms with Gasteiger partial charge in [0.15, 0.2) is 0 Å². The molecular weight excluding hydrogens is 358 g/mol. The molecule has 28 heavy (non-hydrogen) atoms. The van der Waals surface area contributed by atoms with E-state index < -0.39 is 5.97 Å². The van der Waals surface area contributed by atoms with Crippen LogP contribution in [-0.4, -0.2) is 60.2 Å². The Morgan fingerprint density at radius 1 is 1.11 bits per heavy atom. The first kappa shape index (κ1) is 19.6. The molecule has 0 atom stereocenters. The number of hydrogen-bond acceptors (Lipinski definition) is 5. The van der Waals surface area contributed by atoms with Gasteiger partial charge in [-0.2, -0.15) is 0 Å². The van der Waals surface area contributed by atoms with Crippen molar-refractivity contribution >= 4 is 22.9 Å². The molecule has 0 aliphatic rings. The molecule has 0 saturated carbocycles. The fourth-order valence-corrected chi connectivity index (χ4v) is 3.09. The van der Waals surface area contributed by atoms with Crippen LogP contribution in [0.2, 0.25) is 0 Å². The monoisotopic (exact) mass is 381 g/mol. The number of benzene rings is 2. The topological polar surface area (TPSA) is 73.7 Å².